The van der Waals surface area contributed by atoms with Gasteiger partial charge < -0.3 is 19.8 Å². The molecule has 0 unspecified atom stereocenters. The molecule has 224 valence electrons. The van der Waals surface area contributed by atoms with Crippen LogP contribution in [0.2, 0.25) is 0 Å². The van der Waals surface area contributed by atoms with Crippen molar-refractivity contribution in [2.75, 3.05) is 13.7 Å². The predicted molar refractivity (Wildman–Crippen MR) is 164 cm³/mol. The van der Waals surface area contributed by atoms with E-state index in [1.54, 1.807) is 0 Å². The number of amides is 1. The van der Waals surface area contributed by atoms with Gasteiger partial charge in [0.05, 0.1) is 12.7 Å². The molecule has 5 nitrogen and oxygen atoms in total. The van der Waals surface area contributed by atoms with Crippen LogP contribution in [0.3, 0.4) is 0 Å². The highest BCUT2D eigenvalue weighted by molar-refractivity contribution is 5.76. The zero-order valence-electron chi connectivity index (χ0n) is 25.6. The number of phenolic OH excluding ortho intramolecular Hbond substituents is 1. The third-order valence-corrected chi connectivity index (χ3v) is 10.9. The van der Waals surface area contributed by atoms with Crippen molar-refractivity contribution in [1.82, 2.24) is 4.90 Å². The number of aryl methyl sites for hydroxylation is 1. The summed E-state index contributed by atoms with van der Waals surface area (Å²) in [4.78, 5) is 13.9. The van der Waals surface area contributed by atoms with Crippen LogP contribution in [0.25, 0.3) is 0 Å². The first kappa shape index (κ1) is 29.9. The van der Waals surface area contributed by atoms with E-state index in [0.29, 0.717) is 42.4 Å². The molecule has 5 heteroatoms. The first-order valence-electron chi connectivity index (χ1n) is 16.2. The molecule has 41 heavy (non-hydrogen) atoms. The van der Waals surface area contributed by atoms with Crippen molar-refractivity contribution in [3.63, 3.8) is 0 Å². The van der Waals surface area contributed by atoms with E-state index in [9.17, 15) is 15.0 Å². The molecule has 0 heterocycles. The monoisotopic (exact) mass is 561 g/mol. The molecule has 3 aliphatic rings. The van der Waals surface area contributed by atoms with Gasteiger partial charge >= 0.3 is 0 Å². The lowest BCUT2D eigenvalue weighted by molar-refractivity contribution is -0.131. The summed E-state index contributed by atoms with van der Waals surface area (Å²) in [6.07, 6.45) is 10.9. The molecular weight excluding hydrogens is 510 g/mol. The molecule has 0 radical (unpaired) electrons. The van der Waals surface area contributed by atoms with Crippen molar-refractivity contribution < 1.29 is 19.7 Å². The normalized spacial score (nSPS) is 28.6. The molecule has 2 N–H and O–H groups in total. The van der Waals surface area contributed by atoms with Crippen molar-refractivity contribution in [3.05, 3.63) is 59.2 Å². The van der Waals surface area contributed by atoms with E-state index in [1.165, 1.54) is 16.7 Å². The maximum Gasteiger partial charge on any atom is 0.222 e. The Bertz CT molecular complexity index is 1180. The van der Waals surface area contributed by atoms with Gasteiger partial charge in [0.15, 0.2) is 0 Å². The maximum atomic E-state index is 12.1. The maximum absolute atomic E-state index is 12.1. The lowest BCUT2D eigenvalue weighted by Crippen LogP contribution is -2.47. The van der Waals surface area contributed by atoms with Crippen LogP contribution in [0.5, 0.6) is 11.5 Å². The Morgan fingerprint density at radius 2 is 1.76 bits per heavy atom. The van der Waals surface area contributed by atoms with E-state index >= 15 is 0 Å². The minimum Gasteiger partial charge on any atom is -0.508 e. The fourth-order valence-corrected chi connectivity index (χ4v) is 8.37. The number of phenols is 1. The molecule has 0 aromatic heterocycles. The summed E-state index contributed by atoms with van der Waals surface area (Å²) in [5, 5.41) is 21.3. The average molecular weight is 562 g/mol. The van der Waals surface area contributed by atoms with Crippen molar-refractivity contribution in [3.8, 4) is 11.5 Å². The van der Waals surface area contributed by atoms with Crippen molar-refractivity contribution >= 4 is 5.91 Å². The van der Waals surface area contributed by atoms with Gasteiger partial charge in [0.1, 0.15) is 11.5 Å². The summed E-state index contributed by atoms with van der Waals surface area (Å²) in [6.45, 7) is 7.15. The van der Waals surface area contributed by atoms with Crippen LogP contribution in [-0.2, 0) is 11.2 Å². The molecule has 6 atom stereocenters. The van der Waals surface area contributed by atoms with Crippen molar-refractivity contribution in [2.45, 2.75) is 115 Å². The fraction of sp³-hybridized carbons (Fsp3) is 0.639. The van der Waals surface area contributed by atoms with E-state index in [2.05, 4.69) is 51.1 Å². The molecule has 0 spiro atoms. The average Bonchev–Trinajstić information content (AvgIpc) is 3.27. The number of fused-ring (bicyclic) bond motifs is 5. The van der Waals surface area contributed by atoms with Gasteiger partial charge in [-0.1, -0.05) is 44.4 Å². The van der Waals surface area contributed by atoms with Gasteiger partial charge in [-0.3, -0.25) is 4.79 Å². The number of carbonyl (C=O) groups is 1. The number of hydrogen-bond donors (Lipinski definition) is 2. The van der Waals surface area contributed by atoms with Crippen LogP contribution in [0.1, 0.15) is 114 Å². The minimum absolute atomic E-state index is 0.0347. The van der Waals surface area contributed by atoms with Gasteiger partial charge in [0.2, 0.25) is 5.91 Å². The Labute approximate surface area is 247 Å². The molecule has 2 aromatic rings. The second kappa shape index (κ2) is 12.8. The molecule has 2 saturated carbocycles. The lowest BCUT2D eigenvalue weighted by atomic mass is 9.51. The van der Waals surface area contributed by atoms with E-state index in [1.807, 2.05) is 24.1 Å². The summed E-state index contributed by atoms with van der Waals surface area (Å²) in [5.41, 5.74) is 4.01. The summed E-state index contributed by atoms with van der Waals surface area (Å²) >= 11 is 0. The molecule has 0 aliphatic heterocycles. The van der Waals surface area contributed by atoms with Crippen LogP contribution in [0, 0.1) is 17.3 Å². The molecule has 0 saturated heterocycles. The third kappa shape index (κ3) is 6.30. The van der Waals surface area contributed by atoms with Crippen LogP contribution >= 0.6 is 0 Å². The molecule has 2 fully saturated rings. The van der Waals surface area contributed by atoms with Crippen LogP contribution < -0.4 is 4.74 Å². The Hall–Kier alpha value is -2.53. The highest BCUT2D eigenvalue weighted by atomic mass is 16.5. The zero-order chi connectivity index (χ0) is 29.1. The van der Waals surface area contributed by atoms with Gasteiger partial charge in [0.25, 0.3) is 0 Å². The van der Waals surface area contributed by atoms with E-state index in [-0.39, 0.29) is 23.5 Å². The summed E-state index contributed by atoms with van der Waals surface area (Å²) in [6, 6.07) is 15.0. The number of aliphatic hydroxyl groups excluding tert-OH is 1. The Kier molecular flexibility index (Phi) is 9.33. The number of ether oxygens (including phenoxy) is 1. The number of rotatable bonds is 11. The lowest BCUT2D eigenvalue weighted by Gasteiger charge is -2.54. The smallest absolute Gasteiger partial charge is 0.222 e. The summed E-state index contributed by atoms with van der Waals surface area (Å²) < 4.78 is 6.10. The van der Waals surface area contributed by atoms with Crippen LogP contribution in [-0.4, -0.2) is 46.8 Å². The van der Waals surface area contributed by atoms with E-state index in [0.717, 1.165) is 70.0 Å². The number of unbranched alkanes of at least 4 members (excludes halogenated alkanes) is 4. The molecule has 3 aliphatic carbocycles. The molecule has 2 aromatic carbocycles. The highest BCUT2D eigenvalue weighted by Crippen LogP contribution is 2.65. The van der Waals surface area contributed by atoms with E-state index in [4.69, 9.17) is 4.74 Å². The summed E-state index contributed by atoms with van der Waals surface area (Å²) in [5.74, 6) is 3.43. The largest absolute Gasteiger partial charge is 0.508 e. The number of hydrogen-bond acceptors (Lipinski definition) is 4. The van der Waals surface area contributed by atoms with Gasteiger partial charge in [0, 0.05) is 19.5 Å². The van der Waals surface area contributed by atoms with Gasteiger partial charge in [-0.25, -0.2) is 0 Å². The molecule has 0 bridgehead atoms. The SMILES string of the molecule is CC(C)N(C)C(=O)CCCCCCCOc1ccc([C@H]2C[C@]3(C)[C@@H](O)CC[C@H]3[C@@H]3CCc4cc(O)ccc4[C@H]32)cc1. The second-order valence-corrected chi connectivity index (χ2v) is 13.7. The zero-order valence-corrected chi connectivity index (χ0v) is 25.6. The summed E-state index contributed by atoms with van der Waals surface area (Å²) in [7, 11) is 1.89. The third-order valence-electron chi connectivity index (χ3n) is 10.9. The van der Waals surface area contributed by atoms with Gasteiger partial charge in [-0.15, -0.1) is 0 Å². The number of aliphatic hydroxyl groups is 1. The molecule has 5 rings (SSSR count). The van der Waals surface area contributed by atoms with Gasteiger partial charge in [-0.2, -0.15) is 0 Å². The number of carbonyl (C=O) groups excluding carboxylic acids is 1. The topological polar surface area (TPSA) is 70.0 Å². The standard InChI is InChI=1S/C36H51NO4/c1-24(2)37(4)34(40)10-8-6-5-7-9-21-41-28-15-11-25(12-16-28)31-23-36(3)32(19-20-33(36)39)30-17-13-26-22-27(38)14-18-29(26)35(30)31/h11-12,14-16,18,22,24,30-33,35,38-39H,5-10,13,17,19-21,23H2,1-4H3/t30-,31+,32-,33-,35+,36-/m0/s1. The first-order valence-corrected chi connectivity index (χ1v) is 16.2. The molecule has 1 amide bonds. The first-order chi connectivity index (χ1) is 19.7. The Balaban J connectivity index is 1.17. The van der Waals surface area contributed by atoms with Crippen molar-refractivity contribution in [2.24, 2.45) is 17.3 Å². The minimum atomic E-state index is -0.221. The Morgan fingerprint density at radius 3 is 2.51 bits per heavy atom. The van der Waals surface area contributed by atoms with Crippen LogP contribution in [0.4, 0.5) is 0 Å². The number of aromatic hydroxyl groups is 1. The Morgan fingerprint density at radius 1 is 1.02 bits per heavy atom. The predicted octanol–water partition coefficient (Wildman–Crippen LogP) is 7.59. The van der Waals surface area contributed by atoms with Crippen LogP contribution in [0.15, 0.2) is 42.5 Å². The quantitative estimate of drug-likeness (QED) is 0.277. The van der Waals surface area contributed by atoms with Gasteiger partial charge in [-0.05, 0) is 129 Å². The number of nitrogens with zero attached hydrogens (tertiary/aromatic N) is 1. The second-order valence-electron chi connectivity index (χ2n) is 13.7. The number of benzene rings is 2. The highest BCUT2D eigenvalue weighted by Gasteiger charge is 2.57. The fourth-order valence-electron chi connectivity index (χ4n) is 8.37. The molecular formula is C36H51NO4. The van der Waals surface area contributed by atoms with E-state index < -0.39 is 0 Å². The van der Waals surface area contributed by atoms with Crippen molar-refractivity contribution in [1.29, 1.82) is 0 Å².